The molecule has 1 heterocycles. The highest BCUT2D eigenvalue weighted by Gasteiger charge is 2.49. The zero-order valence-corrected chi connectivity index (χ0v) is 18.0. The van der Waals surface area contributed by atoms with Crippen LogP contribution in [0.3, 0.4) is 0 Å². The molecule has 148 valence electrons. The first kappa shape index (κ1) is 20.3. The molecular weight excluding hydrogens is 360 g/mol. The largest absolute Gasteiger partial charge is 0.466 e. The van der Waals surface area contributed by atoms with Gasteiger partial charge < -0.3 is 18.6 Å². The molecule has 5 nitrogen and oxygen atoms in total. The second-order valence-corrected chi connectivity index (χ2v) is 13.5. The van der Waals surface area contributed by atoms with Gasteiger partial charge in [-0.1, -0.05) is 51.1 Å². The summed E-state index contributed by atoms with van der Waals surface area (Å²) < 4.78 is 24.0. The highest BCUT2D eigenvalue weighted by atomic mass is 28.4. The van der Waals surface area contributed by atoms with Crippen molar-refractivity contribution < 1.29 is 23.4 Å². The molecule has 0 aromatic heterocycles. The molecular formula is C21H30O5Si. The molecule has 3 rings (SSSR count). The van der Waals surface area contributed by atoms with Gasteiger partial charge in [-0.15, -0.1) is 0 Å². The topological polar surface area (TPSA) is 54.0 Å². The highest BCUT2D eigenvalue weighted by molar-refractivity contribution is 6.74. The van der Waals surface area contributed by atoms with E-state index in [1.807, 2.05) is 36.4 Å². The molecule has 2 aliphatic rings. The number of esters is 1. The van der Waals surface area contributed by atoms with E-state index in [9.17, 15) is 4.79 Å². The van der Waals surface area contributed by atoms with Crippen molar-refractivity contribution >= 4 is 14.3 Å². The molecule has 0 amide bonds. The van der Waals surface area contributed by atoms with Crippen molar-refractivity contribution in [1.82, 2.24) is 0 Å². The molecule has 1 unspecified atom stereocenters. The summed E-state index contributed by atoms with van der Waals surface area (Å²) in [5.74, 6) is -0.330. The molecule has 1 fully saturated rings. The van der Waals surface area contributed by atoms with Crippen LogP contribution in [-0.4, -0.2) is 39.7 Å². The average molecular weight is 391 g/mol. The summed E-state index contributed by atoms with van der Waals surface area (Å²) in [7, 11) is -0.642. The lowest BCUT2D eigenvalue weighted by molar-refractivity contribution is -0.137. The molecule has 27 heavy (non-hydrogen) atoms. The van der Waals surface area contributed by atoms with E-state index >= 15 is 0 Å². The number of ether oxygens (including phenoxy) is 3. The van der Waals surface area contributed by atoms with Crippen molar-refractivity contribution in [2.24, 2.45) is 0 Å². The molecule has 0 radical (unpaired) electrons. The van der Waals surface area contributed by atoms with Crippen LogP contribution in [0.4, 0.5) is 0 Å². The van der Waals surface area contributed by atoms with E-state index in [2.05, 4.69) is 33.9 Å². The van der Waals surface area contributed by atoms with Crippen molar-refractivity contribution in [3.63, 3.8) is 0 Å². The van der Waals surface area contributed by atoms with Gasteiger partial charge >= 0.3 is 5.97 Å². The zero-order valence-electron chi connectivity index (χ0n) is 17.0. The van der Waals surface area contributed by atoms with E-state index in [1.165, 1.54) is 7.11 Å². The van der Waals surface area contributed by atoms with E-state index in [0.717, 1.165) is 5.56 Å². The maximum absolute atomic E-state index is 12.2. The van der Waals surface area contributed by atoms with Crippen molar-refractivity contribution in [3.8, 4) is 0 Å². The van der Waals surface area contributed by atoms with Crippen LogP contribution in [0, 0.1) is 0 Å². The van der Waals surface area contributed by atoms with Gasteiger partial charge in [0.15, 0.2) is 14.6 Å². The van der Waals surface area contributed by atoms with Gasteiger partial charge in [0, 0.05) is 17.6 Å². The second-order valence-electron chi connectivity index (χ2n) is 8.75. The van der Waals surface area contributed by atoms with E-state index in [0.29, 0.717) is 12.0 Å². The Balaban J connectivity index is 1.87. The molecule has 1 aliphatic heterocycles. The van der Waals surface area contributed by atoms with Crippen molar-refractivity contribution in [3.05, 3.63) is 47.5 Å². The monoisotopic (exact) mass is 390 g/mol. The first-order valence-electron chi connectivity index (χ1n) is 9.45. The van der Waals surface area contributed by atoms with Crippen LogP contribution in [-0.2, 0) is 23.4 Å². The quantitative estimate of drug-likeness (QED) is 0.565. The Hall–Kier alpha value is -1.47. The molecule has 4 atom stereocenters. The third-order valence-corrected chi connectivity index (χ3v) is 10.3. The minimum atomic E-state index is -2.04. The fourth-order valence-electron chi connectivity index (χ4n) is 3.22. The van der Waals surface area contributed by atoms with E-state index < -0.39 is 14.6 Å². The van der Waals surface area contributed by atoms with E-state index in [-0.39, 0.29) is 29.3 Å². The number of methoxy groups -OCH3 is 1. The van der Waals surface area contributed by atoms with Crippen LogP contribution in [0.5, 0.6) is 0 Å². The minimum absolute atomic E-state index is 0.0629. The Bertz CT molecular complexity index is 707. The van der Waals surface area contributed by atoms with Gasteiger partial charge in [0.2, 0.25) is 0 Å². The highest BCUT2D eigenvalue weighted by Crippen LogP contribution is 2.43. The normalized spacial score (nSPS) is 28.4. The first-order valence-corrected chi connectivity index (χ1v) is 12.4. The third kappa shape index (κ3) is 4.19. The lowest BCUT2D eigenvalue weighted by atomic mass is 9.92. The Morgan fingerprint density at radius 3 is 2.41 bits per heavy atom. The van der Waals surface area contributed by atoms with E-state index in [1.54, 1.807) is 0 Å². The molecule has 0 saturated carbocycles. The van der Waals surface area contributed by atoms with Crippen LogP contribution in [0.25, 0.3) is 0 Å². The Morgan fingerprint density at radius 2 is 1.81 bits per heavy atom. The van der Waals surface area contributed by atoms with Crippen LogP contribution < -0.4 is 0 Å². The second kappa shape index (κ2) is 7.51. The number of benzene rings is 1. The lowest BCUT2D eigenvalue weighted by Gasteiger charge is -2.42. The summed E-state index contributed by atoms with van der Waals surface area (Å²) in [5.41, 5.74) is 1.56. The molecule has 0 bridgehead atoms. The first-order chi connectivity index (χ1) is 12.6. The summed E-state index contributed by atoms with van der Waals surface area (Å²) in [5, 5.41) is 0.0629. The van der Waals surface area contributed by atoms with Gasteiger partial charge in [0.1, 0.15) is 12.2 Å². The minimum Gasteiger partial charge on any atom is -0.466 e. The van der Waals surface area contributed by atoms with Crippen LogP contribution in [0.1, 0.15) is 39.0 Å². The number of carbonyl (C=O) groups excluding carboxylic acids is 1. The van der Waals surface area contributed by atoms with Gasteiger partial charge in [-0.3, -0.25) is 0 Å². The summed E-state index contributed by atoms with van der Waals surface area (Å²) >= 11 is 0. The maximum Gasteiger partial charge on any atom is 0.333 e. The Labute approximate surface area is 162 Å². The molecule has 0 N–H and O–H groups in total. The summed E-state index contributed by atoms with van der Waals surface area (Å²) in [6.07, 6.45) is 1.06. The van der Waals surface area contributed by atoms with Crippen LogP contribution in [0.15, 0.2) is 42.0 Å². The molecule has 1 aromatic rings. The number of hydrogen-bond donors (Lipinski definition) is 0. The van der Waals surface area contributed by atoms with Crippen molar-refractivity contribution in [2.45, 2.75) is 69.9 Å². The maximum atomic E-state index is 12.2. The van der Waals surface area contributed by atoms with Gasteiger partial charge in [-0.2, -0.15) is 0 Å². The van der Waals surface area contributed by atoms with Crippen LogP contribution >= 0.6 is 0 Å². The predicted molar refractivity (Wildman–Crippen MR) is 106 cm³/mol. The standard InChI is InChI=1S/C21H30O5Si/c1-21(2,3)27(5,6)26-17-13-15(19(22)23-4)12-16-18(17)25-20(24-16)14-10-8-7-9-11-14/h7-12,16-18,20H,13H2,1-6H3/t16-,17-,18-,20?/m1/s1. The zero-order chi connectivity index (χ0) is 19.8. The molecule has 6 heteroatoms. The average Bonchev–Trinajstić information content (AvgIpc) is 3.05. The molecule has 1 aromatic carbocycles. The molecule has 1 aliphatic carbocycles. The Kier molecular flexibility index (Phi) is 5.63. The molecule has 1 saturated heterocycles. The van der Waals surface area contributed by atoms with Gasteiger partial charge in [-0.25, -0.2) is 4.79 Å². The number of rotatable bonds is 4. The molecule has 0 spiro atoms. The summed E-state index contributed by atoms with van der Waals surface area (Å²) in [6.45, 7) is 11.0. The van der Waals surface area contributed by atoms with Crippen molar-refractivity contribution in [2.75, 3.05) is 7.11 Å². The van der Waals surface area contributed by atoms with Gasteiger partial charge in [-0.05, 0) is 24.2 Å². The van der Waals surface area contributed by atoms with Crippen LogP contribution in [0.2, 0.25) is 18.1 Å². The van der Waals surface area contributed by atoms with Gasteiger partial charge in [0.25, 0.3) is 0 Å². The SMILES string of the molecule is COC(=O)C1=C[C@H]2OC(c3ccccc3)O[C@H]2[C@H](O[Si](C)(C)C(C)(C)C)C1. The number of carbonyl (C=O) groups is 1. The lowest BCUT2D eigenvalue weighted by Crippen LogP contribution is -2.50. The summed E-state index contributed by atoms with van der Waals surface area (Å²) in [4.78, 5) is 12.2. The fraction of sp³-hybridized carbons (Fsp3) is 0.571. The van der Waals surface area contributed by atoms with Crippen molar-refractivity contribution in [1.29, 1.82) is 0 Å². The van der Waals surface area contributed by atoms with Gasteiger partial charge in [0.05, 0.1) is 13.2 Å². The van der Waals surface area contributed by atoms with E-state index in [4.69, 9.17) is 18.6 Å². The Morgan fingerprint density at radius 1 is 1.15 bits per heavy atom. The fourth-order valence-corrected chi connectivity index (χ4v) is 4.55. The predicted octanol–water partition coefficient (Wildman–Crippen LogP) is 4.36. The number of hydrogen-bond acceptors (Lipinski definition) is 5. The summed E-state index contributed by atoms with van der Waals surface area (Å²) in [6, 6.07) is 9.85. The smallest absolute Gasteiger partial charge is 0.333 e. The third-order valence-electron chi connectivity index (χ3n) is 5.81. The number of fused-ring (bicyclic) bond motifs is 1.